The van der Waals surface area contributed by atoms with Crippen LogP contribution in [0.4, 0.5) is 5.69 Å². The van der Waals surface area contributed by atoms with Crippen LogP contribution in [0.25, 0.3) is 0 Å². The van der Waals surface area contributed by atoms with Gasteiger partial charge >= 0.3 is 0 Å². The molecule has 0 unspecified atom stereocenters. The third kappa shape index (κ3) is 3.38. The van der Waals surface area contributed by atoms with Gasteiger partial charge in [0.15, 0.2) is 4.34 Å². The lowest BCUT2D eigenvalue weighted by Gasteiger charge is -2.15. The van der Waals surface area contributed by atoms with E-state index in [0.29, 0.717) is 11.3 Å². The van der Waals surface area contributed by atoms with Gasteiger partial charge in [-0.25, -0.2) is 8.42 Å². The summed E-state index contributed by atoms with van der Waals surface area (Å²) in [5.74, 6) is 0. The molecule has 0 aromatic carbocycles. The molecule has 2 rings (SSSR count). The summed E-state index contributed by atoms with van der Waals surface area (Å²) in [5.41, 5.74) is 0.353. The largest absolute Gasteiger partial charge is 0.300 e. The Morgan fingerprint density at radius 3 is 2.57 bits per heavy atom. The number of nitrogens with zero attached hydrogens (tertiary/aromatic N) is 3. The molecule has 2 aromatic rings. The van der Waals surface area contributed by atoms with Crippen molar-refractivity contribution < 1.29 is 13.3 Å². The van der Waals surface area contributed by atoms with Crippen LogP contribution in [0.1, 0.15) is 5.56 Å². The van der Waals surface area contributed by atoms with Gasteiger partial charge in [0.1, 0.15) is 4.21 Å². The van der Waals surface area contributed by atoms with Gasteiger partial charge in [0.25, 0.3) is 15.7 Å². The molecular weight excluding hydrogens is 338 g/mol. The molecule has 0 fully saturated rings. The second-order valence-corrected chi connectivity index (χ2v) is 8.02. The summed E-state index contributed by atoms with van der Waals surface area (Å²) >= 11 is 6.37. The number of nitro groups is 1. The first-order valence-corrected chi connectivity index (χ1v) is 8.25. The van der Waals surface area contributed by atoms with Crippen molar-refractivity contribution in [2.24, 2.45) is 0 Å². The van der Waals surface area contributed by atoms with Gasteiger partial charge in [-0.2, -0.15) is 4.31 Å². The number of thiophene rings is 1. The first-order chi connectivity index (χ1) is 9.82. The molecule has 0 saturated carbocycles. The van der Waals surface area contributed by atoms with Gasteiger partial charge in [0.05, 0.1) is 4.92 Å². The molecule has 10 heteroatoms. The van der Waals surface area contributed by atoms with Gasteiger partial charge in [-0.15, -0.1) is 11.3 Å². The summed E-state index contributed by atoms with van der Waals surface area (Å²) in [4.78, 5) is 13.9. The molecular formula is C11H10ClN3O4S2. The maximum Gasteiger partial charge on any atom is 0.300 e. The van der Waals surface area contributed by atoms with Crippen molar-refractivity contribution >= 4 is 38.6 Å². The molecule has 2 aromatic heterocycles. The average molecular weight is 348 g/mol. The van der Waals surface area contributed by atoms with Crippen LogP contribution in [0.3, 0.4) is 0 Å². The zero-order valence-corrected chi connectivity index (χ0v) is 13.2. The van der Waals surface area contributed by atoms with Crippen molar-refractivity contribution in [3.05, 3.63) is 50.6 Å². The number of rotatable bonds is 5. The lowest BCUT2D eigenvalue weighted by Crippen LogP contribution is -2.25. The second-order valence-electron chi connectivity index (χ2n) is 4.10. The van der Waals surface area contributed by atoms with E-state index >= 15 is 0 Å². The highest BCUT2D eigenvalue weighted by molar-refractivity contribution is 7.91. The summed E-state index contributed by atoms with van der Waals surface area (Å²) in [5, 5.41) is 10.7. The zero-order valence-electron chi connectivity index (χ0n) is 10.8. The molecule has 0 aliphatic carbocycles. The summed E-state index contributed by atoms with van der Waals surface area (Å²) in [6.45, 7) is 0.133. The fourth-order valence-corrected chi connectivity index (χ4v) is 4.61. The highest BCUT2D eigenvalue weighted by Gasteiger charge is 2.28. The van der Waals surface area contributed by atoms with E-state index in [1.165, 1.54) is 7.05 Å². The van der Waals surface area contributed by atoms with Crippen LogP contribution in [0, 0.1) is 10.1 Å². The van der Waals surface area contributed by atoms with E-state index in [2.05, 4.69) is 4.98 Å². The Hall–Kier alpha value is -1.55. The molecule has 0 spiro atoms. The third-order valence-electron chi connectivity index (χ3n) is 2.66. The highest BCUT2D eigenvalue weighted by Crippen LogP contribution is 2.37. The van der Waals surface area contributed by atoms with Crippen molar-refractivity contribution in [3.8, 4) is 0 Å². The zero-order chi connectivity index (χ0) is 15.6. The summed E-state index contributed by atoms with van der Waals surface area (Å²) < 4.78 is 25.5. The number of pyridine rings is 1. The third-order valence-corrected chi connectivity index (χ3v) is 6.25. The fraction of sp³-hybridized carbons (Fsp3) is 0.182. The van der Waals surface area contributed by atoms with Crippen molar-refractivity contribution in [2.75, 3.05) is 7.05 Å². The molecule has 2 heterocycles. The molecule has 0 N–H and O–H groups in total. The van der Waals surface area contributed by atoms with E-state index < -0.39 is 20.6 Å². The Balaban J connectivity index is 2.29. The van der Waals surface area contributed by atoms with E-state index in [0.717, 1.165) is 15.9 Å². The summed E-state index contributed by atoms with van der Waals surface area (Å²) in [7, 11) is -2.43. The monoisotopic (exact) mass is 347 g/mol. The molecule has 0 aliphatic heterocycles. The minimum absolute atomic E-state index is 0.133. The smallest absolute Gasteiger partial charge is 0.265 e. The van der Waals surface area contributed by atoms with Gasteiger partial charge in [-0.3, -0.25) is 15.1 Å². The molecule has 0 amide bonds. The van der Waals surface area contributed by atoms with Crippen LogP contribution >= 0.6 is 22.9 Å². The number of hydrogen-bond donors (Lipinski definition) is 0. The number of hydrogen-bond acceptors (Lipinski definition) is 6. The Kier molecular flexibility index (Phi) is 4.57. The number of sulfonamides is 1. The van der Waals surface area contributed by atoms with Crippen molar-refractivity contribution in [3.63, 3.8) is 0 Å². The predicted octanol–water partition coefficient (Wildman–Crippen LogP) is 2.53. The first-order valence-electron chi connectivity index (χ1n) is 5.61. The van der Waals surface area contributed by atoms with Gasteiger partial charge in [0, 0.05) is 32.1 Å². The predicted molar refractivity (Wildman–Crippen MR) is 78.9 cm³/mol. The van der Waals surface area contributed by atoms with E-state index in [4.69, 9.17) is 11.6 Å². The Morgan fingerprint density at radius 2 is 2.05 bits per heavy atom. The van der Waals surface area contributed by atoms with Gasteiger partial charge in [-0.05, 0) is 17.7 Å². The van der Waals surface area contributed by atoms with Crippen molar-refractivity contribution in [1.82, 2.24) is 9.29 Å². The van der Waals surface area contributed by atoms with Crippen LogP contribution in [0.5, 0.6) is 0 Å². The van der Waals surface area contributed by atoms with Crippen LogP contribution in [-0.2, 0) is 16.6 Å². The Bertz CT molecular complexity index is 761. The van der Waals surface area contributed by atoms with Gasteiger partial charge in [-0.1, -0.05) is 11.6 Å². The summed E-state index contributed by atoms with van der Waals surface area (Å²) in [6.07, 6.45) is 3.12. The number of halogens is 1. The minimum atomic E-state index is -3.83. The molecule has 7 nitrogen and oxygen atoms in total. The standard InChI is InChI=1S/C11H10ClN3O4S2/c1-14(7-8-2-4-13-5-3-8)21(18,19)10-6-9(15(16)17)11(12)20-10/h2-6H,7H2,1H3. The molecule has 0 saturated heterocycles. The maximum absolute atomic E-state index is 12.4. The van der Waals surface area contributed by atoms with Crippen LogP contribution in [0.2, 0.25) is 4.34 Å². The molecule has 0 atom stereocenters. The normalized spacial score (nSPS) is 11.8. The first kappa shape index (κ1) is 15.8. The van der Waals surface area contributed by atoms with Crippen LogP contribution in [-0.4, -0.2) is 29.7 Å². The van der Waals surface area contributed by atoms with Crippen LogP contribution in [0.15, 0.2) is 34.8 Å². The minimum Gasteiger partial charge on any atom is -0.265 e. The van der Waals surface area contributed by atoms with E-state index in [1.54, 1.807) is 24.5 Å². The molecule has 0 aliphatic rings. The Morgan fingerprint density at radius 1 is 1.43 bits per heavy atom. The Labute approximate surface area is 130 Å². The van der Waals surface area contributed by atoms with E-state index in [-0.39, 0.29) is 15.1 Å². The van der Waals surface area contributed by atoms with Crippen molar-refractivity contribution in [2.45, 2.75) is 10.8 Å². The molecule has 21 heavy (non-hydrogen) atoms. The SMILES string of the molecule is CN(Cc1ccncc1)S(=O)(=O)c1cc([N+](=O)[O-])c(Cl)s1. The highest BCUT2D eigenvalue weighted by atomic mass is 35.5. The second kappa shape index (κ2) is 6.06. The lowest BCUT2D eigenvalue weighted by molar-refractivity contribution is -0.384. The molecule has 112 valence electrons. The molecule has 0 bridgehead atoms. The van der Waals surface area contributed by atoms with Crippen molar-refractivity contribution in [1.29, 1.82) is 0 Å². The summed E-state index contributed by atoms with van der Waals surface area (Å²) in [6, 6.07) is 4.36. The fourth-order valence-electron chi connectivity index (χ4n) is 1.57. The van der Waals surface area contributed by atoms with Crippen LogP contribution < -0.4 is 0 Å². The topological polar surface area (TPSA) is 93.4 Å². The number of aromatic nitrogens is 1. The lowest BCUT2D eigenvalue weighted by atomic mass is 10.3. The van der Waals surface area contributed by atoms with E-state index in [1.807, 2.05) is 0 Å². The van der Waals surface area contributed by atoms with Gasteiger partial charge in [0.2, 0.25) is 0 Å². The van der Waals surface area contributed by atoms with Gasteiger partial charge < -0.3 is 0 Å². The quantitative estimate of drug-likeness (QED) is 0.612. The van der Waals surface area contributed by atoms with E-state index in [9.17, 15) is 18.5 Å². The average Bonchev–Trinajstić information content (AvgIpc) is 2.82. The molecule has 0 radical (unpaired) electrons. The maximum atomic E-state index is 12.4.